The lowest BCUT2D eigenvalue weighted by Crippen LogP contribution is -2.33. The van der Waals surface area contributed by atoms with Crippen molar-refractivity contribution in [3.8, 4) is 0 Å². The van der Waals surface area contributed by atoms with Gasteiger partial charge in [-0.15, -0.1) is 0 Å². The molecule has 0 aliphatic heterocycles. The first kappa shape index (κ1) is 12.2. The van der Waals surface area contributed by atoms with Crippen LogP contribution >= 0.6 is 0 Å². The highest BCUT2D eigenvalue weighted by Crippen LogP contribution is 2.34. The molecule has 0 radical (unpaired) electrons. The van der Waals surface area contributed by atoms with Crippen LogP contribution in [0.3, 0.4) is 0 Å². The third-order valence-electron chi connectivity index (χ3n) is 4.29. The molecule has 0 fully saturated rings. The molecule has 104 valence electrons. The Balaban J connectivity index is 1.44. The summed E-state index contributed by atoms with van der Waals surface area (Å²) in [5.74, 6) is 0.454. The van der Waals surface area contributed by atoms with E-state index in [9.17, 15) is 4.79 Å². The number of aromatic nitrogens is 1. The van der Waals surface area contributed by atoms with Crippen LogP contribution in [0.25, 0.3) is 10.9 Å². The molecule has 1 heterocycles. The standard InChI is InChI=1S/C18H16N2O/c21-18(14-6-5-12-7-8-19-17(12)10-14)20-11-15-9-13-3-1-2-4-16(13)15/h1-8,10,15,19H,9,11H2,(H,20,21). The van der Waals surface area contributed by atoms with Crippen molar-refractivity contribution >= 4 is 16.8 Å². The predicted octanol–water partition coefficient (Wildman–Crippen LogP) is 3.24. The van der Waals surface area contributed by atoms with Crippen molar-refractivity contribution in [2.24, 2.45) is 0 Å². The number of carbonyl (C=O) groups excluding carboxylic acids is 1. The Morgan fingerprint density at radius 1 is 1.19 bits per heavy atom. The van der Waals surface area contributed by atoms with Crippen molar-refractivity contribution in [1.82, 2.24) is 10.3 Å². The molecule has 3 nitrogen and oxygen atoms in total. The number of carbonyl (C=O) groups is 1. The smallest absolute Gasteiger partial charge is 0.251 e. The molecule has 3 aromatic rings. The van der Waals surface area contributed by atoms with Crippen molar-refractivity contribution in [2.45, 2.75) is 12.3 Å². The fourth-order valence-electron chi connectivity index (χ4n) is 3.05. The Kier molecular flexibility index (Phi) is 2.78. The van der Waals surface area contributed by atoms with Gasteiger partial charge in [0.25, 0.3) is 5.91 Å². The number of aromatic amines is 1. The zero-order valence-electron chi connectivity index (χ0n) is 11.6. The molecule has 4 rings (SSSR count). The molecule has 1 aliphatic carbocycles. The molecule has 1 aromatic heterocycles. The minimum atomic E-state index is -0.00381. The lowest BCUT2D eigenvalue weighted by Gasteiger charge is -2.30. The van der Waals surface area contributed by atoms with Crippen molar-refractivity contribution in [2.75, 3.05) is 6.54 Å². The Morgan fingerprint density at radius 2 is 2.10 bits per heavy atom. The molecule has 0 saturated heterocycles. The van der Waals surface area contributed by atoms with Gasteiger partial charge < -0.3 is 10.3 Å². The van der Waals surface area contributed by atoms with Gasteiger partial charge in [-0.05, 0) is 41.1 Å². The van der Waals surface area contributed by atoms with Crippen molar-refractivity contribution in [1.29, 1.82) is 0 Å². The van der Waals surface area contributed by atoms with E-state index in [-0.39, 0.29) is 5.91 Å². The van der Waals surface area contributed by atoms with Crippen LogP contribution in [0, 0.1) is 0 Å². The van der Waals surface area contributed by atoms with Crippen LogP contribution in [-0.4, -0.2) is 17.4 Å². The van der Waals surface area contributed by atoms with Gasteiger partial charge in [0.1, 0.15) is 0 Å². The van der Waals surface area contributed by atoms with Crippen molar-refractivity contribution in [3.05, 3.63) is 71.4 Å². The van der Waals surface area contributed by atoms with Gasteiger partial charge in [-0.25, -0.2) is 0 Å². The van der Waals surface area contributed by atoms with E-state index in [1.165, 1.54) is 11.1 Å². The predicted molar refractivity (Wildman–Crippen MR) is 83.5 cm³/mol. The fourth-order valence-corrected chi connectivity index (χ4v) is 3.05. The highest BCUT2D eigenvalue weighted by atomic mass is 16.1. The minimum absolute atomic E-state index is 0.00381. The maximum absolute atomic E-state index is 12.2. The lowest BCUT2D eigenvalue weighted by atomic mass is 9.77. The van der Waals surface area contributed by atoms with E-state index >= 15 is 0 Å². The Bertz CT molecular complexity index is 819. The van der Waals surface area contributed by atoms with Gasteiger partial charge in [0.05, 0.1) is 0 Å². The highest BCUT2D eigenvalue weighted by Gasteiger charge is 2.25. The Hall–Kier alpha value is -2.55. The normalized spacial score (nSPS) is 16.3. The first-order valence-corrected chi connectivity index (χ1v) is 7.24. The second-order valence-corrected chi connectivity index (χ2v) is 5.59. The van der Waals surface area contributed by atoms with Crippen LogP contribution in [0.5, 0.6) is 0 Å². The zero-order valence-corrected chi connectivity index (χ0v) is 11.6. The number of H-pyrrole nitrogens is 1. The van der Waals surface area contributed by atoms with E-state index in [0.29, 0.717) is 18.0 Å². The molecular weight excluding hydrogens is 260 g/mol. The summed E-state index contributed by atoms with van der Waals surface area (Å²) in [6, 6.07) is 16.2. The maximum Gasteiger partial charge on any atom is 0.251 e. The molecule has 21 heavy (non-hydrogen) atoms. The highest BCUT2D eigenvalue weighted by molar-refractivity contribution is 5.97. The van der Waals surface area contributed by atoms with Crippen molar-refractivity contribution < 1.29 is 4.79 Å². The van der Waals surface area contributed by atoms with Gasteiger partial charge in [-0.3, -0.25) is 4.79 Å². The second-order valence-electron chi connectivity index (χ2n) is 5.59. The van der Waals surface area contributed by atoms with Crippen LogP contribution in [-0.2, 0) is 6.42 Å². The number of hydrogen-bond acceptors (Lipinski definition) is 1. The van der Waals surface area contributed by atoms with E-state index < -0.39 is 0 Å². The topological polar surface area (TPSA) is 44.9 Å². The second kappa shape index (κ2) is 4.77. The van der Waals surface area contributed by atoms with E-state index in [1.807, 2.05) is 30.5 Å². The van der Waals surface area contributed by atoms with E-state index in [2.05, 4.69) is 34.6 Å². The molecule has 0 bridgehead atoms. The zero-order chi connectivity index (χ0) is 14.2. The van der Waals surface area contributed by atoms with Gasteiger partial charge in [-0.2, -0.15) is 0 Å². The summed E-state index contributed by atoms with van der Waals surface area (Å²) in [6.45, 7) is 0.707. The third kappa shape index (κ3) is 2.11. The summed E-state index contributed by atoms with van der Waals surface area (Å²) in [5.41, 5.74) is 4.48. The molecule has 1 amide bonds. The molecular formula is C18H16N2O. The minimum Gasteiger partial charge on any atom is -0.361 e. The Morgan fingerprint density at radius 3 is 3.00 bits per heavy atom. The lowest BCUT2D eigenvalue weighted by molar-refractivity contribution is 0.0950. The molecule has 2 N–H and O–H groups in total. The molecule has 0 spiro atoms. The summed E-state index contributed by atoms with van der Waals surface area (Å²) >= 11 is 0. The number of nitrogens with one attached hydrogen (secondary N) is 2. The van der Waals surface area contributed by atoms with Gasteiger partial charge in [-0.1, -0.05) is 30.3 Å². The molecule has 0 saturated carbocycles. The molecule has 2 aromatic carbocycles. The summed E-state index contributed by atoms with van der Waals surface area (Å²) in [7, 11) is 0. The van der Waals surface area contributed by atoms with Gasteiger partial charge in [0.15, 0.2) is 0 Å². The van der Waals surface area contributed by atoms with Crippen LogP contribution in [0.1, 0.15) is 27.4 Å². The van der Waals surface area contributed by atoms with Crippen LogP contribution < -0.4 is 5.32 Å². The number of hydrogen-bond donors (Lipinski definition) is 2. The fraction of sp³-hybridized carbons (Fsp3) is 0.167. The van der Waals surface area contributed by atoms with Gasteiger partial charge in [0.2, 0.25) is 0 Å². The molecule has 1 atom stereocenters. The van der Waals surface area contributed by atoms with E-state index in [0.717, 1.165) is 17.3 Å². The van der Waals surface area contributed by atoms with Gasteiger partial charge >= 0.3 is 0 Å². The van der Waals surface area contributed by atoms with Crippen LogP contribution in [0.4, 0.5) is 0 Å². The van der Waals surface area contributed by atoms with Crippen LogP contribution in [0.15, 0.2) is 54.7 Å². The first-order valence-electron chi connectivity index (χ1n) is 7.24. The van der Waals surface area contributed by atoms with E-state index in [1.54, 1.807) is 0 Å². The van der Waals surface area contributed by atoms with Gasteiger partial charge in [0, 0.05) is 29.7 Å². The molecule has 1 aliphatic rings. The maximum atomic E-state index is 12.2. The van der Waals surface area contributed by atoms with E-state index in [4.69, 9.17) is 0 Å². The molecule has 1 unspecified atom stereocenters. The Labute approximate surface area is 123 Å². The SMILES string of the molecule is O=C(NCC1Cc2ccccc21)c1ccc2cc[nH]c2c1. The summed E-state index contributed by atoms with van der Waals surface area (Å²) in [4.78, 5) is 15.4. The summed E-state index contributed by atoms with van der Waals surface area (Å²) < 4.78 is 0. The summed E-state index contributed by atoms with van der Waals surface area (Å²) in [5, 5.41) is 4.17. The van der Waals surface area contributed by atoms with Crippen LogP contribution in [0.2, 0.25) is 0 Å². The number of benzene rings is 2. The quantitative estimate of drug-likeness (QED) is 0.758. The average Bonchev–Trinajstić information content (AvgIpc) is 2.95. The third-order valence-corrected chi connectivity index (χ3v) is 4.29. The average molecular weight is 276 g/mol. The number of amides is 1. The number of rotatable bonds is 3. The summed E-state index contributed by atoms with van der Waals surface area (Å²) in [6.07, 6.45) is 2.95. The van der Waals surface area contributed by atoms with Crippen molar-refractivity contribution in [3.63, 3.8) is 0 Å². The monoisotopic (exact) mass is 276 g/mol. The number of fused-ring (bicyclic) bond motifs is 2. The largest absolute Gasteiger partial charge is 0.361 e. The first-order chi connectivity index (χ1) is 10.3. The molecule has 3 heteroatoms.